The fraction of sp³-hybridized carbons (Fsp3) is 0.625. The van der Waals surface area contributed by atoms with E-state index >= 15 is 0 Å². The van der Waals surface area contributed by atoms with E-state index in [0.717, 1.165) is 44.6 Å². The molecule has 8 heteroatoms. The summed E-state index contributed by atoms with van der Waals surface area (Å²) in [4.78, 5) is 2.41. The summed E-state index contributed by atoms with van der Waals surface area (Å²) < 4.78 is 41.1. The average Bonchev–Trinajstić information content (AvgIpc) is 2.44. The molecule has 0 bridgehead atoms. The van der Waals surface area contributed by atoms with Gasteiger partial charge < -0.3 is 10.1 Å². The van der Waals surface area contributed by atoms with Crippen molar-refractivity contribution in [3.63, 3.8) is 0 Å². The molecule has 1 aromatic rings. The Labute approximate surface area is 150 Å². The molecule has 1 aliphatic heterocycles. The lowest BCUT2D eigenvalue weighted by Gasteiger charge is -2.43. The fourth-order valence-electron chi connectivity index (χ4n) is 3.41. The molecule has 1 N–H and O–H groups in total. The molecule has 3 rings (SSSR count). The zero-order valence-electron chi connectivity index (χ0n) is 13.1. The van der Waals surface area contributed by atoms with E-state index in [0.29, 0.717) is 5.92 Å². The number of halogens is 5. The van der Waals surface area contributed by atoms with Crippen molar-refractivity contribution in [2.45, 2.75) is 31.7 Å². The highest BCUT2D eigenvalue weighted by molar-refractivity contribution is 6.32. The van der Waals surface area contributed by atoms with Gasteiger partial charge in [0, 0.05) is 32.2 Å². The Morgan fingerprint density at radius 1 is 1.21 bits per heavy atom. The molecule has 1 atom stereocenters. The van der Waals surface area contributed by atoms with Gasteiger partial charge >= 0.3 is 6.36 Å². The maximum atomic E-state index is 12.4. The Hall–Kier alpha value is -0.690. The second-order valence-electron chi connectivity index (χ2n) is 6.16. The van der Waals surface area contributed by atoms with Gasteiger partial charge in [-0.05, 0) is 36.5 Å². The Balaban J connectivity index is 0.00000208. The van der Waals surface area contributed by atoms with Crippen molar-refractivity contribution in [3.05, 3.63) is 28.8 Å². The van der Waals surface area contributed by atoms with Crippen molar-refractivity contribution in [2.24, 2.45) is 5.92 Å². The smallest absolute Gasteiger partial charge is 0.404 e. The maximum absolute atomic E-state index is 12.4. The van der Waals surface area contributed by atoms with Gasteiger partial charge in [-0.1, -0.05) is 24.1 Å². The molecule has 0 aromatic heterocycles. The van der Waals surface area contributed by atoms with Gasteiger partial charge in [-0.25, -0.2) is 0 Å². The van der Waals surface area contributed by atoms with Crippen LogP contribution in [0, 0.1) is 5.92 Å². The zero-order chi connectivity index (χ0) is 16.4. The van der Waals surface area contributed by atoms with E-state index in [-0.39, 0.29) is 29.2 Å². The second-order valence-corrected chi connectivity index (χ2v) is 6.57. The molecule has 0 radical (unpaired) electrons. The van der Waals surface area contributed by atoms with Gasteiger partial charge in [-0.2, -0.15) is 0 Å². The highest BCUT2D eigenvalue weighted by atomic mass is 35.5. The minimum absolute atomic E-state index is 0. The van der Waals surface area contributed by atoms with Gasteiger partial charge in [0.25, 0.3) is 0 Å². The lowest BCUT2D eigenvalue weighted by Crippen LogP contribution is -2.47. The van der Waals surface area contributed by atoms with Gasteiger partial charge in [-0.15, -0.1) is 25.6 Å². The summed E-state index contributed by atoms with van der Waals surface area (Å²) in [7, 11) is 0. The molecular formula is C16H21Cl2F3N2O. The SMILES string of the molecule is Cl.FC(F)(F)Oc1ccc([C@@H](C2CCC2)N2CCNCC2)cc1Cl. The first kappa shape index (κ1) is 19.6. The van der Waals surface area contributed by atoms with Gasteiger partial charge in [-0.3, -0.25) is 4.90 Å². The van der Waals surface area contributed by atoms with E-state index in [9.17, 15) is 13.2 Å². The standard InChI is InChI=1S/C16H20ClF3N2O.ClH/c17-13-10-12(4-5-14(13)23-16(18,19)20)15(11-2-1-3-11)22-8-6-21-7-9-22;/h4-5,10-11,15,21H,1-3,6-9H2;1H/t15-;/m1./s1. The molecule has 0 spiro atoms. The molecule has 1 aliphatic carbocycles. The number of hydrogen-bond acceptors (Lipinski definition) is 3. The predicted octanol–water partition coefficient (Wildman–Crippen LogP) is 4.41. The van der Waals surface area contributed by atoms with Crippen molar-refractivity contribution in [1.82, 2.24) is 10.2 Å². The Morgan fingerprint density at radius 3 is 2.38 bits per heavy atom. The molecule has 2 aliphatic rings. The average molecular weight is 385 g/mol. The summed E-state index contributed by atoms with van der Waals surface area (Å²) in [5.74, 6) is 0.217. The third-order valence-electron chi connectivity index (χ3n) is 4.66. The van der Waals surface area contributed by atoms with Gasteiger partial charge in [0.1, 0.15) is 5.75 Å². The summed E-state index contributed by atoms with van der Waals surface area (Å²) >= 11 is 6.03. The third-order valence-corrected chi connectivity index (χ3v) is 4.96. The van der Waals surface area contributed by atoms with Crippen LogP contribution < -0.4 is 10.1 Å². The topological polar surface area (TPSA) is 24.5 Å². The Bertz CT molecular complexity index is 547. The molecule has 0 unspecified atom stereocenters. The number of alkyl halides is 3. The largest absolute Gasteiger partial charge is 0.573 e. The summed E-state index contributed by atoms with van der Waals surface area (Å²) in [5, 5.41) is 3.34. The minimum Gasteiger partial charge on any atom is -0.404 e. The Morgan fingerprint density at radius 2 is 1.88 bits per heavy atom. The first-order valence-electron chi connectivity index (χ1n) is 7.94. The van der Waals surface area contributed by atoms with Crippen LogP contribution in [-0.2, 0) is 0 Å². The molecule has 3 nitrogen and oxygen atoms in total. The van der Waals surface area contributed by atoms with Gasteiger partial charge in [0.15, 0.2) is 0 Å². The number of nitrogens with one attached hydrogen (secondary N) is 1. The number of ether oxygens (including phenoxy) is 1. The molecule has 136 valence electrons. The van der Waals surface area contributed by atoms with Crippen LogP contribution in [0.15, 0.2) is 18.2 Å². The summed E-state index contributed by atoms with van der Waals surface area (Å²) in [6, 6.07) is 4.91. The van der Waals surface area contributed by atoms with E-state index in [1.54, 1.807) is 12.1 Å². The second kappa shape index (κ2) is 8.13. The van der Waals surface area contributed by atoms with E-state index in [1.807, 2.05) is 0 Å². The van der Waals surface area contributed by atoms with Crippen LogP contribution in [-0.4, -0.2) is 37.4 Å². The Kier molecular flexibility index (Phi) is 6.65. The number of piperazine rings is 1. The highest BCUT2D eigenvalue weighted by Gasteiger charge is 2.35. The van der Waals surface area contributed by atoms with E-state index in [2.05, 4.69) is 15.0 Å². The molecule has 2 fully saturated rings. The first-order chi connectivity index (χ1) is 10.9. The zero-order valence-corrected chi connectivity index (χ0v) is 14.7. The molecule has 1 aromatic carbocycles. The number of nitrogens with zero attached hydrogens (tertiary/aromatic N) is 1. The van der Waals surface area contributed by atoms with Crippen LogP contribution in [0.25, 0.3) is 0 Å². The lowest BCUT2D eigenvalue weighted by atomic mass is 9.76. The molecule has 1 heterocycles. The molecule has 0 amide bonds. The van der Waals surface area contributed by atoms with Crippen molar-refractivity contribution in [1.29, 1.82) is 0 Å². The monoisotopic (exact) mass is 384 g/mol. The summed E-state index contributed by atoms with van der Waals surface area (Å²) in [6.45, 7) is 3.76. The van der Waals surface area contributed by atoms with Crippen LogP contribution in [0.3, 0.4) is 0 Å². The van der Waals surface area contributed by atoms with E-state index in [1.165, 1.54) is 12.5 Å². The normalized spacial score (nSPS) is 20.8. The van der Waals surface area contributed by atoms with Crippen LogP contribution in [0.4, 0.5) is 13.2 Å². The number of benzene rings is 1. The van der Waals surface area contributed by atoms with Gasteiger partial charge in [0.05, 0.1) is 5.02 Å². The number of rotatable bonds is 4. The summed E-state index contributed by atoms with van der Waals surface area (Å²) in [5.41, 5.74) is 0.983. The van der Waals surface area contributed by atoms with Crippen LogP contribution in [0.2, 0.25) is 5.02 Å². The molecule has 24 heavy (non-hydrogen) atoms. The van der Waals surface area contributed by atoms with Crippen molar-refractivity contribution < 1.29 is 17.9 Å². The van der Waals surface area contributed by atoms with Crippen molar-refractivity contribution in [2.75, 3.05) is 26.2 Å². The van der Waals surface area contributed by atoms with Crippen LogP contribution >= 0.6 is 24.0 Å². The minimum atomic E-state index is -4.73. The third kappa shape index (κ3) is 4.69. The molecule has 1 saturated carbocycles. The van der Waals surface area contributed by atoms with Crippen molar-refractivity contribution >= 4 is 24.0 Å². The highest BCUT2D eigenvalue weighted by Crippen LogP contribution is 2.43. The van der Waals surface area contributed by atoms with Crippen LogP contribution in [0.5, 0.6) is 5.75 Å². The number of hydrogen-bond donors (Lipinski definition) is 1. The predicted molar refractivity (Wildman–Crippen MR) is 89.9 cm³/mol. The van der Waals surface area contributed by atoms with Crippen LogP contribution in [0.1, 0.15) is 30.9 Å². The molecule has 1 saturated heterocycles. The summed E-state index contributed by atoms with van der Waals surface area (Å²) in [6.07, 6.45) is -1.19. The van der Waals surface area contributed by atoms with E-state index in [4.69, 9.17) is 11.6 Å². The van der Waals surface area contributed by atoms with E-state index < -0.39 is 6.36 Å². The lowest BCUT2D eigenvalue weighted by molar-refractivity contribution is -0.274. The fourth-order valence-corrected chi connectivity index (χ4v) is 3.63. The first-order valence-corrected chi connectivity index (χ1v) is 8.32. The molecular weight excluding hydrogens is 364 g/mol. The van der Waals surface area contributed by atoms with Gasteiger partial charge in [0.2, 0.25) is 0 Å². The maximum Gasteiger partial charge on any atom is 0.573 e. The quantitative estimate of drug-likeness (QED) is 0.831. The van der Waals surface area contributed by atoms with Crippen molar-refractivity contribution in [3.8, 4) is 5.75 Å².